The van der Waals surface area contributed by atoms with Crippen LogP contribution in [0.15, 0.2) is 45.9 Å². The number of rotatable bonds is 3. The molecule has 0 saturated carbocycles. The van der Waals surface area contributed by atoms with Gasteiger partial charge in [0.25, 0.3) is 0 Å². The number of pyridine rings is 1. The van der Waals surface area contributed by atoms with Crippen LogP contribution in [-0.4, -0.2) is 19.7 Å². The second-order valence-corrected chi connectivity index (χ2v) is 7.10. The van der Waals surface area contributed by atoms with Crippen molar-refractivity contribution in [3.63, 3.8) is 0 Å². The minimum atomic E-state index is -3.27. The predicted octanol–water partition coefficient (Wildman–Crippen LogP) is 3.69. The monoisotopic (exact) mass is 361 g/mol. The summed E-state index contributed by atoms with van der Waals surface area (Å²) in [6, 6.07) is 7.85. The molecule has 0 aliphatic carbocycles. The molecule has 0 aliphatic heterocycles. The molecular weight excluding hydrogens is 354 g/mol. The summed E-state index contributed by atoms with van der Waals surface area (Å²) in [6.07, 6.45) is 2.59. The van der Waals surface area contributed by atoms with Gasteiger partial charge in [0.2, 0.25) is 5.88 Å². The van der Waals surface area contributed by atoms with Gasteiger partial charge in [-0.1, -0.05) is 17.7 Å². The third-order valence-electron chi connectivity index (χ3n) is 2.22. The van der Waals surface area contributed by atoms with Crippen LogP contribution in [0.2, 0.25) is 5.02 Å². The Labute approximate surface area is 124 Å². The van der Waals surface area contributed by atoms with E-state index >= 15 is 0 Å². The van der Waals surface area contributed by atoms with Gasteiger partial charge < -0.3 is 4.74 Å². The lowest BCUT2D eigenvalue weighted by molar-refractivity contribution is 0.458. The van der Waals surface area contributed by atoms with Gasteiger partial charge >= 0.3 is 0 Å². The van der Waals surface area contributed by atoms with Crippen LogP contribution in [0.25, 0.3) is 0 Å². The summed E-state index contributed by atoms with van der Waals surface area (Å²) in [5.74, 6) is 0.702. The molecule has 19 heavy (non-hydrogen) atoms. The van der Waals surface area contributed by atoms with Crippen molar-refractivity contribution >= 4 is 37.4 Å². The Morgan fingerprint density at radius 2 is 2.05 bits per heavy atom. The van der Waals surface area contributed by atoms with E-state index in [-0.39, 0.29) is 4.90 Å². The zero-order chi connectivity index (χ0) is 14.0. The Morgan fingerprint density at radius 1 is 1.32 bits per heavy atom. The number of sulfone groups is 1. The summed E-state index contributed by atoms with van der Waals surface area (Å²) in [6.45, 7) is 0. The van der Waals surface area contributed by atoms with Crippen LogP contribution in [-0.2, 0) is 9.84 Å². The standard InChI is InChI=1S/C12H9BrClNO3S/c1-19(16,17)10-4-2-3-9(6-10)18-12-11(13)5-8(14)7-15-12/h2-7H,1H3. The van der Waals surface area contributed by atoms with Crippen molar-refractivity contribution in [2.45, 2.75) is 4.90 Å². The topological polar surface area (TPSA) is 56.3 Å². The minimum absolute atomic E-state index is 0.190. The minimum Gasteiger partial charge on any atom is -0.438 e. The summed E-state index contributed by atoms with van der Waals surface area (Å²) < 4.78 is 29.0. The average Bonchev–Trinajstić information content (AvgIpc) is 2.32. The second kappa shape index (κ2) is 5.48. The van der Waals surface area contributed by atoms with Gasteiger partial charge in [-0.05, 0) is 40.2 Å². The number of nitrogens with zero attached hydrogens (tertiary/aromatic N) is 1. The molecule has 0 N–H and O–H groups in total. The van der Waals surface area contributed by atoms with E-state index in [0.29, 0.717) is 21.1 Å². The maximum absolute atomic E-state index is 11.5. The van der Waals surface area contributed by atoms with E-state index < -0.39 is 9.84 Å². The lowest BCUT2D eigenvalue weighted by Crippen LogP contribution is -1.97. The van der Waals surface area contributed by atoms with Crippen molar-refractivity contribution in [3.8, 4) is 11.6 Å². The molecule has 0 atom stereocenters. The number of benzene rings is 1. The first-order valence-electron chi connectivity index (χ1n) is 5.15. The fourth-order valence-electron chi connectivity index (χ4n) is 1.36. The Bertz CT molecular complexity index is 719. The van der Waals surface area contributed by atoms with E-state index in [1.54, 1.807) is 18.2 Å². The molecule has 1 aromatic heterocycles. The molecule has 0 saturated heterocycles. The molecule has 0 fully saturated rings. The number of halogens is 2. The van der Waals surface area contributed by atoms with Gasteiger partial charge in [-0.15, -0.1) is 0 Å². The second-order valence-electron chi connectivity index (χ2n) is 3.79. The van der Waals surface area contributed by atoms with E-state index in [4.69, 9.17) is 16.3 Å². The molecular formula is C12H9BrClNO3S. The van der Waals surface area contributed by atoms with Gasteiger partial charge in [-0.25, -0.2) is 13.4 Å². The highest BCUT2D eigenvalue weighted by atomic mass is 79.9. The van der Waals surface area contributed by atoms with Crippen molar-refractivity contribution in [3.05, 3.63) is 46.0 Å². The van der Waals surface area contributed by atoms with Crippen molar-refractivity contribution in [1.82, 2.24) is 4.98 Å². The number of ether oxygens (including phenoxy) is 1. The van der Waals surface area contributed by atoms with Crippen LogP contribution in [0.3, 0.4) is 0 Å². The van der Waals surface area contributed by atoms with E-state index in [1.807, 2.05) is 0 Å². The summed E-state index contributed by atoms with van der Waals surface area (Å²) in [5.41, 5.74) is 0. The summed E-state index contributed by atoms with van der Waals surface area (Å²) in [4.78, 5) is 4.20. The third kappa shape index (κ3) is 3.68. The Hall–Kier alpha value is -1.11. The van der Waals surface area contributed by atoms with Crippen LogP contribution in [0.4, 0.5) is 0 Å². The third-order valence-corrected chi connectivity index (χ3v) is 4.11. The zero-order valence-corrected chi connectivity index (χ0v) is 13.0. The fourth-order valence-corrected chi connectivity index (χ4v) is 2.73. The van der Waals surface area contributed by atoms with Gasteiger partial charge in [0.05, 0.1) is 14.4 Å². The van der Waals surface area contributed by atoms with E-state index in [0.717, 1.165) is 6.26 Å². The van der Waals surface area contributed by atoms with Crippen LogP contribution in [0.1, 0.15) is 0 Å². The molecule has 0 spiro atoms. The molecule has 7 heteroatoms. The van der Waals surface area contributed by atoms with Crippen LogP contribution in [0, 0.1) is 0 Å². The maximum Gasteiger partial charge on any atom is 0.233 e. The Kier molecular flexibility index (Phi) is 4.13. The molecule has 0 radical (unpaired) electrons. The molecule has 1 heterocycles. The molecule has 0 bridgehead atoms. The van der Waals surface area contributed by atoms with Crippen molar-refractivity contribution in [2.75, 3.05) is 6.26 Å². The molecule has 0 unspecified atom stereocenters. The van der Waals surface area contributed by atoms with Crippen LogP contribution < -0.4 is 4.74 Å². The number of aromatic nitrogens is 1. The molecule has 100 valence electrons. The zero-order valence-electron chi connectivity index (χ0n) is 9.80. The summed E-state index contributed by atoms with van der Waals surface area (Å²) >= 11 is 9.05. The highest BCUT2D eigenvalue weighted by Gasteiger charge is 2.10. The van der Waals surface area contributed by atoms with Gasteiger partial charge in [0, 0.05) is 12.5 Å². The quantitative estimate of drug-likeness (QED) is 0.835. The molecule has 2 aromatic rings. The van der Waals surface area contributed by atoms with Crippen LogP contribution >= 0.6 is 27.5 Å². The normalized spacial score (nSPS) is 11.3. The lowest BCUT2D eigenvalue weighted by Gasteiger charge is -2.07. The van der Waals surface area contributed by atoms with Gasteiger partial charge in [-0.3, -0.25) is 0 Å². The molecule has 0 amide bonds. The molecule has 4 nitrogen and oxygen atoms in total. The molecule has 2 rings (SSSR count). The largest absolute Gasteiger partial charge is 0.438 e. The SMILES string of the molecule is CS(=O)(=O)c1cccc(Oc2ncc(Cl)cc2Br)c1. The maximum atomic E-state index is 11.5. The Balaban J connectivity index is 2.34. The highest BCUT2D eigenvalue weighted by Crippen LogP contribution is 2.30. The highest BCUT2D eigenvalue weighted by molar-refractivity contribution is 9.10. The summed E-state index contributed by atoms with van der Waals surface area (Å²) in [7, 11) is -3.27. The van der Waals surface area contributed by atoms with Crippen molar-refractivity contribution in [2.24, 2.45) is 0 Å². The van der Waals surface area contributed by atoms with Crippen molar-refractivity contribution in [1.29, 1.82) is 0 Å². The number of hydrogen-bond acceptors (Lipinski definition) is 4. The fraction of sp³-hybridized carbons (Fsp3) is 0.0833. The van der Waals surface area contributed by atoms with E-state index in [2.05, 4.69) is 20.9 Å². The predicted molar refractivity (Wildman–Crippen MR) is 76.6 cm³/mol. The van der Waals surface area contributed by atoms with E-state index in [9.17, 15) is 8.42 Å². The van der Waals surface area contributed by atoms with Gasteiger partial charge in [0.1, 0.15) is 5.75 Å². The van der Waals surface area contributed by atoms with Crippen LogP contribution in [0.5, 0.6) is 11.6 Å². The van der Waals surface area contributed by atoms with Crippen molar-refractivity contribution < 1.29 is 13.2 Å². The van der Waals surface area contributed by atoms with E-state index in [1.165, 1.54) is 18.3 Å². The summed E-state index contributed by atoms with van der Waals surface area (Å²) in [5, 5.41) is 0.476. The number of hydrogen-bond donors (Lipinski definition) is 0. The first-order chi connectivity index (χ1) is 8.86. The molecule has 1 aromatic carbocycles. The van der Waals surface area contributed by atoms with Gasteiger partial charge in [-0.2, -0.15) is 0 Å². The lowest BCUT2D eigenvalue weighted by atomic mass is 10.3. The first-order valence-corrected chi connectivity index (χ1v) is 8.21. The Morgan fingerprint density at radius 3 is 2.68 bits per heavy atom. The van der Waals surface area contributed by atoms with Gasteiger partial charge in [0.15, 0.2) is 9.84 Å². The first kappa shape index (κ1) is 14.3. The molecule has 0 aliphatic rings. The smallest absolute Gasteiger partial charge is 0.233 e. The average molecular weight is 363 g/mol.